The van der Waals surface area contributed by atoms with Crippen LogP contribution < -0.4 is 0 Å². The molecule has 2 rings (SSSR count). The molecular weight excluding hydrogens is 356 g/mol. The summed E-state index contributed by atoms with van der Waals surface area (Å²) in [6.07, 6.45) is 0. The summed E-state index contributed by atoms with van der Waals surface area (Å²) in [6.45, 7) is 5.68. The number of benzene rings is 1. The SMILES string of the molecule is CCOC(=O)C(C(=O)OCC)(c1ccccc1)C1C(=O)OC(C)(C)OC1=O. The highest BCUT2D eigenvalue weighted by atomic mass is 16.7. The minimum Gasteiger partial charge on any atom is -0.465 e. The molecule has 0 unspecified atom stereocenters. The Balaban J connectivity index is 2.74. The van der Waals surface area contributed by atoms with Gasteiger partial charge in [0.2, 0.25) is 5.41 Å². The van der Waals surface area contributed by atoms with Gasteiger partial charge in [0.05, 0.1) is 13.2 Å². The zero-order valence-corrected chi connectivity index (χ0v) is 15.6. The summed E-state index contributed by atoms with van der Waals surface area (Å²) in [5, 5.41) is 0. The molecule has 8 nitrogen and oxygen atoms in total. The van der Waals surface area contributed by atoms with E-state index in [-0.39, 0.29) is 18.8 Å². The Morgan fingerprint density at radius 1 is 0.963 bits per heavy atom. The summed E-state index contributed by atoms with van der Waals surface area (Å²) >= 11 is 0. The second-order valence-electron chi connectivity index (χ2n) is 6.29. The first kappa shape index (κ1) is 20.4. The van der Waals surface area contributed by atoms with E-state index in [0.29, 0.717) is 0 Å². The van der Waals surface area contributed by atoms with Crippen molar-refractivity contribution in [3.8, 4) is 0 Å². The fourth-order valence-electron chi connectivity index (χ4n) is 2.99. The van der Waals surface area contributed by atoms with Gasteiger partial charge in [-0.3, -0.25) is 19.2 Å². The maximum Gasteiger partial charge on any atom is 0.329 e. The van der Waals surface area contributed by atoms with Crippen LogP contribution in [0, 0.1) is 5.92 Å². The molecule has 1 heterocycles. The van der Waals surface area contributed by atoms with Gasteiger partial charge in [0.25, 0.3) is 5.79 Å². The van der Waals surface area contributed by atoms with Crippen molar-refractivity contribution in [1.29, 1.82) is 0 Å². The van der Waals surface area contributed by atoms with E-state index in [1.54, 1.807) is 32.0 Å². The van der Waals surface area contributed by atoms with Gasteiger partial charge in [-0.2, -0.15) is 0 Å². The number of esters is 4. The summed E-state index contributed by atoms with van der Waals surface area (Å²) in [5.41, 5.74) is -2.31. The van der Waals surface area contributed by atoms with Crippen molar-refractivity contribution in [2.24, 2.45) is 5.92 Å². The molecule has 0 spiro atoms. The van der Waals surface area contributed by atoms with Crippen LogP contribution in [-0.2, 0) is 43.5 Å². The molecule has 0 saturated carbocycles. The Morgan fingerprint density at radius 3 is 1.81 bits per heavy atom. The second kappa shape index (κ2) is 7.77. The van der Waals surface area contributed by atoms with Crippen molar-refractivity contribution in [3.63, 3.8) is 0 Å². The van der Waals surface area contributed by atoms with E-state index in [2.05, 4.69) is 0 Å². The maximum atomic E-state index is 13.0. The standard InChI is InChI=1S/C19H22O8/c1-5-24-16(22)19(17(23)25-6-2,12-10-8-7-9-11-12)13-14(20)26-18(3,4)27-15(13)21/h7-11,13H,5-6H2,1-4H3. The predicted molar refractivity (Wildman–Crippen MR) is 91.1 cm³/mol. The number of hydrogen-bond acceptors (Lipinski definition) is 8. The number of carbonyl (C=O) groups excluding carboxylic acids is 4. The third-order valence-corrected chi connectivity index (χ3v) is 4.02. The zero-order valence-electron chi connectivity index (χ0n) is 15.6. The Morgan fingerprint density at radius 2 is 1.41 bits per heavy atom. The van der Waals surface area contributed by atoms with Gasteiger partial charge in [-0.1, -0.05) is 30.3 Å². The van der Waals surface area contributed by atoms with Crippen LogP contribution >= 0.6 is 0 Å². The summed E-state index contributed by atoms with van der Waals surface area (Å²) < 4.78 is 20.4. The van der Waals surface area contributed by atoms with Crippen molar-refractivity contribution >= 4 is 23.9 Å². The van der Waals surface area contributed by atoms with Crippen molar-refractivity contribution in [1.82, 2.24) is 0 Å². The van der Waals surface area contributed by atoms with E-state index in [1.807, 2.05) is 0 Å². The van der Waals surface area contributed by atoms with E-state index >= 15 is 0 Å². The highest BCUT2D eigenvalue weighted by Gasteiger charge is 2.66. The molecule has 27 heavy (non-hydrogen) atoms. The van der Waals surface area contributed by atoms with Gasteiger partial charge in [-0.25, -0.2) is 0 Å². The third-order valence-electron chi connectivity index (χ3n) is 4.02. The molecule has 0 N–H and O–H groups in total. The van der Waals surface area contributed by atoms with Crippen LogP contribution in [0.25, 0.3) is 0 Å². The Hall–Kier alpha value is -2.90. The lowest BCUT2D eigenvalue weighted by Gasteiger charge is -2.40. The second-order valence-corrected chi connectivity index (χ2v) is 6.29. The smallest absolute Gasteiger partial charge is 0.329 e. The number of hydrogen-bond donors (Lipinski definition) is 0. The van der Waals surface area contributed by atoms with Gasteiger partial charge in [0, 0.05) is 13.8 Å². The molecule has 0 aliphatic carbocycles. The zero-order chi connectivity index (χ0) is 20.2. The highest BCUT2D eigenvalue weighted by Crippen LogP contribution is 2.41. The Kier molecular flexibility index (Phi) is 5.88. The average Bonchev–Trinajstić information content (AvgIpc) is 2.58. The van der Waals surface area contributed by atoms with Crippen LogP contribution in [-0.4, -0.2) is 42.9 Å². The monoisotopic (exact) mass is 378 g/mol. The molecule has 8 heteroatoms. The van der Waals surface area contributed by atoms with E-state index in [4.69, 9.17) is 18.9 Å². The van der Waals surface area contributed by atoms with Crippen LogP contribution in [0.2, 0.25) is 0 Å². The molecule has 0 amide bonds. The quantitative estimate of drug-likeness (QED) is 0.417. The average molecular weight is 378 g/mol. The van der Waals surface area contributed by atoms with Crippen LogP contribution in [0.4, 0.5) is 0 Å². The summed E-state index contributed by atoms with van der Waals surface area (Å²) in [5.74, 6) is -7.73. The number of cyclic esters (lactones) is 2. The number of ether oxygens (including phenoxy) is 4. The lowest BCUT2D eigenvalue weighted by Crippen LogP contribution is -2.61. The molecule has 0 bridgehead atoms. The maximum absolute atomic E-state index is 13.0. The first-order valence-corrected chi connectivity index (χ1v) is 8.56. The molecular formula is C19H22O8. The minimum atomic E-state index is -2.38. The van der Waals surface area contributed by atoms with Gasteiger partial charge in [0.15, 0.2) is 5.92 Å². The molecule has 1 aliphatic rings. The summed E-state index contributed by atoms with van der Waals surface area (Å²) in [4.78, 5) is 51.4. The Bertz CT molecular complexity index is 699. The first-order valence-electron chi connectivity index (χ1n) is 8.56. The lowest BCUT2D eigenvalue weighted by molar-refractivity contribution is -0.245. The van der Waals surface area contributed by atoms with E-state index in [1.165, 1.54) is 26.0 Å². The molecule has 0 aromatic heterocycles. The fourth-order valence-corrected chi connectivity index (χ4v) is 2.99. The topological polar surface area (TPSA) is 105 Å². The van der Waals surface area contributed by atoms with E-state index in [9.17, 15) is 19.2 Å². The van der Waals surface area contributed by atoms with E-state index in [0.717, 1.165) is 0 Å². The van der Waals surface area contributed by atoms with Crippen molar-refractivity contribution in [2.45, 2.75) is 38.9 Å². The van der Waals surface area contributed by atoms with E-state index < -0.39 is 41.0 Å². The summed E-state index contributed by atoms with van der Waals surface area (Å²) in [6, 6.07) is 7.66. The molecule has 1 aromatic rings. The number of carbonyl (C=O) groups is 4. The van der Waals surface area contributed by atoms with Crippen molar-refractivity contribution in [2.75, 3.05) is 13.2 Å². The fraction of sp³-hybridized carbons (Fsp3) is 0.474. The summed E-state index contributed by atoms with van der Waals surface area (Å²) in [7, 11) is 0. The molecule has 1 aliphatic heterocycles. The van der Waals surface area contributed by atoms with Gasteiger partial charge in [0.1, 0.15) is 0 Å². The molecule has 0 radical (unpaired) electrons. The van der Waals surface area contributed by atoms with Gasteiger partial charge < -0.3 is 18.9 Å². The number of rotatable bonds is 6. The molecule has 0 atom stereocenters. The van der Waals surface area contributed by atoms with Crippen LogP contribution in [0.5, 0.6) is 0 Å². The van der Waals surface area contributed by atoms with Crippen LogP contribution in [0.15, 0.2) is 30.3 Å². The molecule has 1 aromatic carbocycles. The lowest BCUT2D eigenvalue weighted by atomic mass is 9.69. The van der Waals surface area contributed by atoms with Gasteiger partial charge in [-0.15, -0.1) is 0 Å². The minimum absolute atomic E-state index is 0.0699. The third kappa shape index (κ3) is 3.65. The molecule has 1 saturated heterocycles. The van der Waals surface area contributed by atoms with Gasteiger partial charge >= 0.3 is 23.9 Å². The van der Waals surface area contributed by atoms with Gasteiger partial charge in [-0.05, 0) is 19.4 Å². The normalized spacial score (nSPS) is 16.9. The molecule has 146 valence electrons. The highest BCUT2D eigenvalue weighted by molar-refractivity contribution is 6.16. The van der Waals surface area contributed by atoms with Crippen molar-refractivity contribution in [3.05, 3.63) is 35.9 Å². The predicted octanol–water partition coefficient (Wildman–Crippen LogP) is 1.50. The van der Waals surface area contributed by atoms with Crippen LogP contribution in [0.1, 0.15) is 33.3 Å². The largest absolute Gasteiger partial charge is 0.465 e. The van der Waals surface area contributed by atoms with Crippen molar-refractivity contribution < 1.29 is 38.1 Å². The molecule has 1 fully saturated rings. The first-order chi connectivity index (χ1) is 12.7. The Labute approximate surface area is 156 Å². The van der Waals surface area contributed by atoms with Crippen LogP contribution in [0.3, 0.4) is 0 Å².